The van der Waals surface area contributed by atoms with Crippen LogP contribution >= 0.6 is 39.0 Å². The van der Waals surface area contributed by atoms with Crippen LogP contribution in [0.1, 0.15) is 16.8 Å². The average molecular weight is 354 g/mol. The minimum Gasteiger partial charge on any atom is -0.307 e. The lowest BCUT2D eigenvalue weighted by molar-refractivity contribution is 0.0987. The van der Waals surface area contributed by atoms with Gasteiger partial charge in [-0.25, -0.2) is 0 Å². The highest BCUT2D eigenvalue weighted by Gasteiger charge is 2.22. The van der Waals surface area contributed by atoms with Crippen LogP contribution in [0.25, 0.3) is 0 Å². The highest BCUT2D eigenvalue weighted by molar-refractivity contribution is 9.11. The summed E-state index contributed by atoms with van der Waals surface area (Å²) >= 11 is 6.79. The summed E-state index contributed by atoms with van der Waals surface area (Å²) in [4.78, 5) is 15.7. The van der Waals surface area contributed by atoms with Crippen LogP contribution in [0, 0.1) is 0 Å². The molecule has 3 rings (SSSR count). The minimum atomic E-state index is 0.0944. The van der Waals surface area contributed by atoms with Crippen molar-refractivity contribution in [3.8, 4) is 0 Å². The predicted octanol–water partition coefficient (Wildman–Crippen LogP) is 4.65. The number of carbonyl (C=O) groups is 1. The zero-order valence-corrected chi connectivity index (χ0v) is 13.4. The van der Waals surface area contributed by atoms with E-state index in [1.54, 1.807) is 11.3 Å². The number of rotatable bonds is 1. The van der Waals surface area contributed by atoms with Crippen LogP contribution in [-0.2, 0) is 0 Å². The molecule has 0 aliphatic carbocycles. The Balaban J connectivity index is 1.98. The molecule has 0 unspecified atom stereocenters. The summed E-state index contributed by atoms with van der Waals surface area (Å²) in [7, 11) is 0. The molecule has 0 fully saturated rings. The molecule has 0 saturated heterocycles. The Labute approximate surface area is 128 Å². The van der Waals surface area contributed by atoms with Gasteiger partial charge in [-0.3, -0.25) is 4.79 Å². The second-order valence-electron chi connectivity index (χ2n) is 4.27. The van der Waals surface area contributed by atoms with Gasteiger partial charge in [-0.2, -0.15) is 0 Å². The molecule has 1 aliphatic heterocycles. The topological polar surface area (TPSA) is 20.3 Å². The van der Waals surface area contributed by atoms with Gasteiger partial charge in [0.15, 0.2) is 0 Å². The first kappa shape index (κ1) is 13.2. The first-order valence-corrected chi connectivity index (χ1v) is 8.69. The van der Waals surface area contributed by atoms with Gasteiger partial charge in [-0.1, -0.05) is 12.1 Å². The Bertz CT molecular complexity index is 611. The summed E-state index contributed by atoms with van der Waals surface area (Å²) < 4.78 is 0.994. The first-order valence-electron chi connectivity index (χ1n) is 6.03. The van der Waals surface area contributed by atoms with E-state index in [4.69, 9.17) is 0 Å². The van der Waals surface area contributed by atoms with Crippen molar-refractivity contribution in [3.05, 3.63) is 45.1 Å². The third kappa shape index (κ3) is 2.73. The van der Waals surface area contributed by atoms with Crippen molar-refractivity contribution in [2.45, 2.75) is 11.3 Å². The highest BCUT2D eigenvalue weighted by Crippen LogP contribution is 2.34. The van der Waals surface area contributed by atoms with E-state index in [1.165, 1.54) is 4.90 Å². The van der Waals surface area contributed by atoms with Crippen LogP contribution in [0.4, 0.5) is 5.69 Å². The summed E-state index contributed by atoms with van der Waals surface area (Å²) in [6.07, 6.45) is 1.02. The van der Waals surface area contributed by atoms with Gasteiger partial charge in [0, 0.05) is 16.8 Å². The summed E-state index contributed by atoms with van der Waals surface area (Å²) in [6.45, 7) is 0.788. The zero-order valence-electron chi connectivity index (χ0n) is 10.1. The van der Waals surface area contributed by atoms with Crippen LogP contribution in [0.5, 0.6) is 0 Å². The molecule has 2 nitrogen and oxygen atoms in total. The van der Waals surface area contributed by atoms with Gasteiger partial charge >= 0.3 is 0 Å². The maximum Gasteiger partial charge on any atom is 0.259 e. The number of nitrogens with zero attached hydrogens (tertiary/aromatic N) is 1. The number of amides is 1. The zero-order chi connectivity index (χ0) is 13.2. The number of carbonyl (C=O) groups excluding carboxylic acids is 1. The predicted molar refractivity (Wildman–Crippen MR) is 85.5 cm³/mol. The lowest BCUT2D eigenvalue weighted by Gasteiger charge is -2.21. The normalized spacial score (nSPS) is 14.9. The van der Waals surface area contributed by atoms with E-state index in [0.717, 1.165) is 33.8 Å². The van der Waals surface area contributed by atoms with Gasteiger partial charge in [0.2, 0.25) is 0 Å². The molecule has 2 aromatic rings. The molecule has 0 N–H and O–H groups in total. The number of anilines is 1. The van der Waals surface area contributed by atoms with E-state index in [9.17, 15) is 4.79 Å². The van der Waals surface area contributed by atoms with Crippen molar-refractivity contribution in [3.63, 3.8) is 0 Å². The van der Waals surface area contributed by atoms with Crippen LogP contribution in [0.3, 0.4) is 0 Å². The van der Waals surface area contributed by atoms with Gasteiger partial charge in [-0.15, -0.1) is 23.1 Å². The first-order chi connectivity index (χ1) is 9.25. The summed E-state index contributed by atoms with van der Waals surface area (Å²) in [5.41, 5.74) is 1.80. The lowest BCUT2D eigenvalue weighted by atomic mass is 10.2. The van der Waals surface area contributed by atoms with Gasteiger partial charge in [0.25, 0.3) is 5.91 Å². The number of benzene rings is 1. The molecule has 1 aromatic heterocycles. The SMILES string of the molecule is O=C(c1csc(Br)c1)N1CCCSc2ccccc21. The van der Waals surface area contributed by atoms with E-state index in [1.807, 2.05) is 46.3 Å². The molecule has 0 saturated carbocycles. The molecule has 19 heavy (non-hydrogen) atoms. The van der Waals surface area contributed by atoms with E-state index >= 15 is 0 Å². The molecule has 1 amide bonds. The van der Waals surface area contributed by atoms with Crippen LogP contribution in [-0.4, -0.2) is 18.2 Å². The fraction of sp³-hybridized carbons (Fsp3) is 0.214. The Hall–Kier alpha value is -0.780. The fourth-order valence-corrected chi connectivity index (χ4v) is 4.24. The third-order valence-corrected chi connectivity index (χ3v) is 5.65. The smallest absolute Gasteiger partial charge is 0.259 e. The van der Waals surface area contributed by atoms with Gasteiger partial charge < -0.3 is 4.90 Å². The lowest BCUT2D eigenvalue weighted by Crippen LogP contribution is -2.31. The number of fused-ring (bicyclic) bond motifs is 1. The molecule has 98 valence electrons. The van der Waals surface area contributed by atoms with Crippen LogP contribution in [0.15, 0.2) is 44.4 Å². The fourth-order valence-electron chi connectivity index (χ4n) is 2.12. The van der Waals surface area contributed by atoms with E-state index in [2.05, 4.69) is 22.0 Å². The molecule has 5 heteroatoms. The molecule has 0 bridgehead atoms. The van der Waals surface area contributed by atoms with Crippen LogP contribution < -0.4 is 4.90 Å². The molecule has 2 heterocycles. The Kier molecular flexibility index (Phi) is 3.96. The number of hydrogen-bond donors (Lipinski definition) is 0. The quantitative estimate of drug-likeness (QED) is 0.743. The molecule has 0 spiro atoms. The molecule has 0 atom stereocenters. The maximum absolute atomic E-state index is 12.6. The summed E-state index contributed by atoms with van der Waals surface area (Å²) in [5, 5.41) is 1.91. The Morgan fingerprint density at radius 2 is 2.16 bits per heavy atom. The van der Waals surface area contributed by atoms with E-state index in [0.29, 0.717) is 0 Å². The van der Waals surface area contributed by atoms with E-state index < -0.39 is 0 Å². The maximum atomic E-state index is 12.6. The summed E-state index contributed by atoms with van der Waals surface area (Å²) in [6, 6.07) is 10.0. The second kappa shape index (κ2) is 5.69. The van der Waals surface area contributed by atoms with Crippen molar-refractivity contribution >= 4 is 50.6 Å². The molecular formula is C14H12BrNOS2. The molecule has 1 aromatic carbocycles. The average Bonchev–Trinajstić information content (AvgIpc) is 2.74. The molecule has 1 aliphatic rings. The van der Waals surface area contributed by atoms with Gasteiger partial charge in [0.1, 0.15) is 0 Å². The molecule has 0 radical (unpaired) electrons. The number of thioether (sulfide) groups is 1. The van der Waals surface area contributed by atoms with Crippen molar-refractivity contribution in [2.75, 3.05) is 17.2 Å². The van der Waals surface area contributed by atoms with Gasteiger partial charge in [-0.05, 0) is 46.3 Å². The summed E-state index contributed by atoms with van der Waals surface area (Å²) in [5.74, 6) is 1.16. The standard InChI is InChI=1S/C14H12BrNOS2/c15-13-8-10(9-19-13)14(17)16-6-3-7-18-12-5-2-1-4-11(12)16/h1-2,4-5,8-9H,3,6-7H2. The second-order valence-corrected chi connectivity index (χ2v) is 7.69. The van der Waals surface area contributed by atoms with Crippen LogP contribution in [0.2, 0.25) is 0 Å². The number of para-hydroxylation sites is 1. The largest absolute Gasteiger partial charge is 0.307 e. The van der Waals surface area contributed by atoms with E-state index in [-0.39, 0.29) is 5.91 Å². The number of thiophene rings is 1. The Morgan fingerprint density at radius 1 is 1.32 bits per heavy atom. The minimum absolute atomic E-state index is 0.0944. The third-order valence-electron chi connectivity index (χ3n) is 3.00. The highest BCUT2D eigenvalue weighted by atomic mass is 79.9. The van der Waals surface area contributed by atoms with Crippen molar-refractivity contribution in [1.29, 1.82) is 0 Å². The number of halogens is 1. The number of hydrogen-bond acceptors (Lipinski definition) is 3. The van der Waals surface area contributed by atoms with Crippen molar-refractivity contribution in [2.24, 2.45) is 0 Å². The van der Waals surface area contributed by atoms with Crippen molar-refractivity contribution < 1.29 is 4.79 Å². The monoisotopic (exact) mass is 353 g/mol. The van der Waals surface area contributed by atoms with Gasteiger partial charge in [0.05, 0.1) is 15.0 Å². The van der Waals surface area contributed by atoms with Crippen molar-refractivity contribution in [1.82, 2.24) is 0 Å². The Morgan fingerprint density at radius 3 is 2.95 bits per heavy atom. The molecular weight excluding hydrogens is 342 g/mol.